The molecule has 0 amide bonds. The molecule has 1 aromatic carbocycles. The molecule has 3 N–H and O–H groups in total. The van der Waals surface area contributed by atoms with E-state index in [1.54, 1.807) is 7.11 Å². The molecule has 0 aliphatic rings. The highest BCUT2D eigenvalue weighted by Gasteiger charge is 2.22. The molecule has 24 heavy (non-hydrogen) atoms. The number of rotatable bonds is 8. The van der Waals surface area contributed by atoms with E-state index in [1.165, 1.54) is 5.56 Å². The van der Waals surface area contributed by atoms with Crippen LogP contribution in [0.15, 0.2) is 23.2 Å². The number of aryl methyl sites for hydroxylation is 1. The summed E-state index contributed by atoms with van der Waals surface area (Å²) < 4.78 is 5.47. The number of methoxy groups -OCH3 is 1. The quantitative estimate of drug-likeness (QED) is 0.504. The second kappa shape index (κ2) is 9.52. The number of nitrogens with zero attached hydrogens (tertiary/aromatic N) is 1. The van der Waals surface area contributed by atoms with E-state index in [1.807, 2.05) is 32.9 Å². The third-order valence-electron chi connectivity index (χ3n) is 4.40. The summed E-state index contributed by atoms with van der Waals surface area (Å²) in [6.07, 6.45) is 1.38. The van der Waals surface area contributed by atoms with Crippen molar-refractivity contribution >= 4 is 5.96 Å². The molecule has 1 unspecified atom stereocenters. The van der Waals surface area contributed by atoms with Crippen LogP contribution in [-0.2, 0) is 0 Å². The Balaban J connectivity index is 2.93. The fraction of sp³-hybridized carbons (Fsp3) is 0.632. The molecule has 5 heteroatoms. The van der Waals surface area contributed by atoms with Crippen molar-refractivity contribution < 1.29 is 9.84 Å². The third-order valence-corrected chi connectivity index (χ3v) is 4.40. The van der Waals surface area contributed by atoms with Crippen LogP contribution in [-0.4, -0.2) is 36.9 Å². The fourth-order valence-corrected chi connectivity index (χ4v) is 2.49. The van der Waals surface area contributed by atoms with E-state index < -0.39 is 5.60 Å². The van der Waals surface area contributed by atoms with E-state index in [-0.39, 0.29) is 6.04 Å². The van der Waals surface area contributed by atoms with E-state index in [4.69, 9.17) is 4.74 Å². The van der Waals surface area contributed by atoms with Gasteiger partial charge in [-0.15, -0.1) is 0 Å². The third kappa shape index (κ3) is 5.71. The Kier molecular flexibility index (Phi) is 8.05. The monoisotopic (exact) mass is 335 g/mol. The molecule has 0 aromatic heterocycles. The zero-order chi connectivity index (χ0) is 18.2. The van der Waals surface area contributed by atoms with Crippen molar-refractivity contribution in [2.75, 3.05) is 20.2 Å². The Hall–Kier alpha value is -1.75. The van der Waals surface area contributed by atoms with Gasteiger partial charge in [-0.3, -0.25) is 4.99 Å². The first-order chi connectivity index (χ1) is 11.4. The van der Waals surface area contributed by atoms with Crippen LogP contribution < -0.4 is 15.4 Å². The van der Waals surface area contributed by atoms with Gasteiger partial charge >= 0.3 is 0 Å². The Bertz CT molecular complexity index is 539. The summed E-state index contributed by atoms with van der Waals surface area (Å²) >= 11 is 0. The molecule has 0 aliphatic heterocycles. The van der Waals surface area contributed by atoms with Crippen molar-refractivity contribution in [3.8, 4) is 5.75 Å². The van der Waals surface area contributed by atoms with Crippen LogP contribution in [0.1, 0.15) is 57.7 Å². The Labute approximate surface area is 146 Å². The molecule has 0 saturated carbocycles. The van der Waals surface area contributed by atoms with Crippen LogP contribution in [0.25, 0.3) is 0 Å². The second-order valence-electron chi connectivity index (χ2n) is 6.24. The number of aliphatic hydroxyl groups is 1. The molecule has 1 atom stereocenters. The van der Waals surface area contributed by atoms with E-state index in [0.717, 1.165) is 17.9 Å². The van der Waals surface area contributed by atoms with Crippen LogP contribution >= 0.6 is 0 Å². The summed E-state index contributed by atoms with van der Waals surface area (Å²) in [5, 5.41) is 17.1. The predicted molar refractivity (Wildman–Crippen MR) is 101 cm³/mol. The molecule has 5 nitrogen and oxygen atoms in total. The van der Waals surface area contributed by atoms with Gasteiger partial charge in [0.05, 0.1) is 25.3 Å². The van der Waals surface area contributed by atoms with Crippen LogP contribution in [0.4, 0.5) is 0 Å². The maximum absolute atomic E-state index is 10.4. The van der Waals surface area contributed by atoms with Gasteiger partial charge in [0, 0.05) is 12.1 Å². The zero-order valence-corrected chi connectivity index (χ0v) is 15.9. The number of ether oxygens (including phenoxy) is 1. The molecule has 0 heterocycles. The van der Waals surface area contributed by atoms with Crippen molar-refractivity contribution in [1.82, 2.24) is 10.6 Å². The van der Waals surface area contributed by atoms with Gasteiger partial charge in [0.1, 0.15) is 5.75 Å². The summed E-state index contributed by atoms with van der Waals surface area (Å²) in [6, 6.07) is 6.18. The fourth-order valence-electron chi connectivity index (χ4n) is 2.49. The summed E-state index contributed by atoms with van der Waals surface area (Å²) in [5.41, 5.74) is 1.53. The van der Waals surface area contributed by atoms with E-state index >= 15 is 0 Å². The first-order valence-corrected chi connectivity index (χ1v) is 8.80. The summed E-state index contributed by atoms with van der Waals surface area (Å²) in [5.74, 6) is 1.56. The summed E-state index contributed by atoms with van der Waals surface area (Å²) in [7, 11) is 1.68. The maximum Gasteiger partial charge on any atom is 0.191 e. The lowest BCUT2D eigenvalue weighted by atomic mass is 9.98. The smallest absolute Gasteiger partial charge is 0.191 e. The number of aliphatic imine (C=N–C) groups is 1. The molecule has 0 radical (unpaired) electrons. The van der Waals surface area contributed by atoms with Gasteiger partial charge in [-0.2, -0.15) is 0 Å². The van der Waals surface area contributed by atoms with Gasteiger partial charge < -0.3 is 20.5 Å². The normalized spacial score (nSPS) is 13.5. The molecular formula is C19H33N3O2. The highest BCUT2D eigenvalue weighted by atomic mass is 16.5. The number of hydrogen-bond donors (Lipinski definition) is 3. The molecule has 1 rings (SSSR count). The van der Waals surface area contributed by atoms with Crippen LogP contribution in [0.2, 0.25) is 0 Å². The Morgan fingerprint density at radius 2 is 1.96 bits per heavy atom. The van der Waals surface area contributed by atoms with Crippen molar-refractivity contribution in [3.05, 3.63) is 29.3 Å². The lowest BCUT2D eigenvalue weighted by Gasteiger charge is -2.25. The summed E-state index contributed by atoms with van der Waals surface area (Å²) in [4.78, 5) is 4.57. The minimum absolute atomic E-state index is 0.0361. The Morgan fingerprint density at radius 3 is 2.50 bits per heavy atom. The minimum atomic E-state index is -0.743. The number of hydrogen-bond acceptors (Lipinski definition) is 3. The first kappa shape index (κ1) is 20.3. The molecule has 0 saturated heterocycles. The van der Waals surface area contributed by atoms with Gasteiger partial charge in [-0.1, -0.05) is 31.5 Å². The average Bonchev–Trinajstić information content (AvgIpc) is 2.59. The van der Waals surface area contributed by atoms with Gasteiger partial charge in [-0.25, -0.2) is 0 Å². The molecule has 0 spiro atoms. The van der Waals surface area contributed by atoms with Crippen LogP contribution in [0.3, 0.4) is 0 Å². The van der Waals surface area contributed by atoms with Crippen molar-refractivity contribution in [1.29, 1.82) is 0 Å². The maximum atomic E-state index is 10.4. The van der Waals surface area contributed by atoms with Crippen LogP contribution in [0.5, 0.6) is 5.75 Å². The van der Waals surface area contributed by atoms with E-state index in [2.05, 4.69) is 35.5 Å². The molecule has 136 valence electrons. The first-order valence-electron chi connectivity index (χ1n) is 8.80. The zero-order valence-electron chi connectivity index (χ0n) is 15.9. The largest absolute Gasteiger partial charge is 0.496 e. The Morgan fingerprint density at radius 1 is 1.29 bits per heavy atom. The lowest BCUT2D eigenvalue weighted by molar-refractivity contribution is 0.0417. The van der Waals surface area contributed by atoms with Crippen molar-refractivity contribution in [2.24, 2.45) is 4.99 Å². The summed E-state index contributed by atoms with van der Waals surface area (Å²) in [6.45, 7) is 11.3. The standard InChI is InChI=1S/C19H33N3O2/c1-7-19(23,8-2)13-21-18(20-9-3)22-15(5)16-12-14(4)10-11-17(16)24-6/h10-12,15,23H,7-9,13H2,1-6H3,(H2,20,21,22). The van der Waals surface area contributed by atoms with Crippen molar-refractivity contribution in [2.45, 2.75) is 59.1 Å². The SMILES string of the molecule is CCNC(=NCC(O)(CC)CC)NC(C)c1cc(C)ccc1OC. The topological polar surface area (TPSA) is 65.9 Å². The van der Waals surface area contributed by atoms with Gasteiger partial charge in [-0.05, 0) is 39.7 Å². The minimum Gasteiger partial charge on any atom is -0.496 e. The van der Waals surface area contributed by atoms with Gasteiger partial charge in [0.2, 0.25) is 0 Å². The van der Waals surface area contributed by atoms with Crippen LogP contribution in [0, 0.1) is 6.92 Å². The van der Waals surface area contributed by atoms with Gasteiger partial charge in [0.15, 0.2) is 5.96 Å². The van der Waals surface area contributed by atoms with E-state index in [9.17, 15) is 5.11 Å². The predicted octanol–water partition coefficient (Wildman–Crippen LogP) is 3.17. The van der Waals surface area contributed by atoms with Crippen molar-refractivity contribution in [3.63, 3.8) is 0 Å². The number of guanidine groups is 1. The molecule has 0 fully saturated rings. The highest BCUT2D eigenvalue weighted by molar-refractivity contribution is 5.80. The van der Waals surface area contributed by atoms with Gasteiger partial charge in [0.25, 0.3) is 0 Å². The highest BCUT2D eigenvalue weighted by Crippen LogP contribution is 2.26. The molecule has 0 bridgehead atoms. The lowest BCUT2D eigenvalue weighted by Crippen LogP contribution is -2.41. The number of nitrogens with one attached hydrogen (secondary N) is 2. The number of benzene rings is 1. The second-order valence-corrected chi connectivity index (χ2v) is 6.24. The average molecular weight is 335 g/mol. The molecule has 0 aliphatic carbocycles. The molecular weight excluding hydrogens is 302 g/mol. The molecule has 1 aromatic rings. The van der Waals surface area contributed by atoms with E-state index in [0.29, 0.717) is 25.3 Å².